The lowest BCUT2D eigenvalue weighted by atomic mass is 10.1. The van der Waals surface area contributed by atoms with E-state index in [2.05, 4.69) is 9.80 Å². The van der Waals surface area contributed by atoms with E-state index < -0.39 is 0 Å². The van der Waals surface area contributed by atoms with Crippen LogP contribution in [0, 0.1) is 0 Å². The number of carbonyl (C=O) groups excluding carboxylic acids is 2. The monoisotopic (exact) mass is 436 g/mol. The van der Waals surface area contributed by atoms with Crippen molar-refractivity contribution in [1.82, 2.24) is 19.6 Å². The van der Waals surface area contributed by atoms with Crippen LogP contribution in [0.4, 0.5) is 0 Å². The number of rotatable bonds is 9. The molecule has 3 rings (SSSR count). The fourth-order valence-corrected chi connectivity index (χ4v) is 5.06. The highest BCUT2D eigenvalue weighted by molar-refractivity contribution is 7.80. The molecule has 0 saturated carbocycles. The van der Waals surface area contributed by atoms with Crippen molar-refractivity contribution in [2.75, 3.05) is 46.3 Å². The molecule has 0 N–H and O–H groups in total. The van der Waals surface area contributed by atoms with Gasteiger partial charge in [0.2, 0.25) is 0 Å². The maximum Gasteiger partial charge on any atom is 0.264 e. The van der Waals surface area contributed by atoms with Crippen LogP contribution in [-0.2, 0) is 4.79 Å². The lowest BCUT2D eigenvalue weighted by Gasteiger charge is -2.34. The molecule has 2 aliphatic rings. The van der Waals surface area contributed by atoms with Crippen molar-refractivity contribution in [3.63, 3.8) is 0 Å². The smallest absolute Gasteiger partial charge is 0.264 e. The molecule has 3 heterocycles. The molecule has 0 radical (unpaired) electrons. The van der Waals surface area contributed by atoms with E-state index in [0.717, 1.165) is 50.6 Å². The molecule has 1 aromatic rings. The second-order valence-corrected chi connectivity index (χ2v) is 9.24. The molecule has 8 heteroatoms. The number of carbonyl (C=O) groups is 2. The zero-order chi connectivity index (χ0) is 20.8. The van der Waals surface area contributed by atoms with E-state index in [0.29, 0.717) is 5.11 Å². The van der Waals surface area contributed by atoms with Crippen molar-refractivity contribution >= 4 is 40.5 Å². The van der Waals surface area contributed by atoms with Crippen LogP contribution in [0.25, 0.3) is 0 Å². The number of hydrogen-bond donors (Lipinski definition) is 0. The standard InChI is InChI=1S/C21H32N4O2S2/c1-17-19(26)22(2)21(28)25(17)11-7-5-3-4-6-10-23-12-14-24(15-13-23)20(27)18-9-8-16-29-18/h8-9,16-17H,3-7,10-15H2,1-2H3. The van der Waals surface area contributed by atoms with Gasteiger partial charge in [-0.15, -0.1) is 11.3 Å². The molecule has 29 heavy (non-hydrogen) atoms. The highest BCUT2D eigenvalue weighted by atomic mass is 32.1. The van der Waals surface area contributed by atoms with Crippen LogP contribution in [-0.4, -0.2) is 88.9 Å². The van der Waals surface area contributed by atoms with Gasteiger partial charge in [-0.3, -0.25) is 19.4 Å². The Balaban J connectivity index is 1.23. The summed E-state index contributed by atoms with van der Waals surface area (Å²) in [6, 6.07) is 3.73. The summed E-state index contributed by atoms with van der Waals surface area (Å²) >= 11 is 6.88. The summed E-state index contributed by atoms with van der Waals surface area (Å²) in [5, 5.41) is 2.63. The third kappa shape index (κ3) is 5.55. The van der Waals surface area contributed by atoms with Crippen molar-refractivity contribution in [3.8, 4) is 0 Å². The molecule has 6 nitrogen and oxygen atoms in total. The van der Waals surface area contributed by atoms with E-state index in [9.17, 15) is 9.59 Å². The summed E-state index contributed by atoms with van der Waals surface area (Å²) in [6.07, 6.45) is 5.91. The molecule has 0 spiro atoms. The number of hydrogen-bond acceptors (Lipinski definition) is 5. The largest absolute Gasteiger partial charge is 0.337 e. The molecule has 1 atom stereocenters. The maximum atomic E-state index is 12.4. The zero-order valence-electron chi connectivity index (χ0n) is 17.5. The van der Waals surface area contributed by atoms with E-state index in [1.165, 1.54) is 37.0 Å². The SMILES string of the molecule is CC1C(=O)N(C)C(=S)N1CCCCCCCN1CCN(C(=O)c2cccs2)CC1. The Labute approximate surface area is 183 Å². The van der Waals surface area contributed by atoms with Crippen LogP contribution in [0.15, 0.2) is 17.5 Å². The van der Waals surface area contributed by atoms with Crippen molar-refractivity contribution < 1.29 is 9.59 Å². The number of thiophene rings is 1. The van der Waals surface area contributed by atoms with Crippen molar-refractivity contribution in [3.05, 3.63) is 22.4 Å². The average Bonchev–Trinajstić information content (AvgIpc) is 3.33. The molecule has 2 amide bonds. The van der Waals surface area contributed by atoms with Crippen LogP contribution in [0.5, 0.6) is 0 Å². The van der Waals surface area contributed by atoms with Crippen molar-refractivity contribution in [1.29, 1.82) is 0 Å². The van der Waals surface area contributed by atoms with Crippen LogP contribution in [0.2, 0.25) is 0 Å². The van der Waals surface area contributed by atoms with Gasteiger partial charge < -0.3 is 9.80 Å². The van der Waals surface area contributed by atoms with Crippen molar-refractivity contribution in [2.24, 2.45) is 0 Å². The zero-order valence-corrected chi connectivity index (χ0v) is 19.1. The Morgan fingerprint density at radius 1 is 1.10 bits per heavy atom. The first-order valence-electron chi connectivity index (χ1n) is 10.6. The van der Waals surface area contributed by atoms with Gasteiger partial charge in [-0.1, -0.05) is 25.3 Å². The second kappa shape index (κ2) is 10.5. The highest BCUT2D eigenvalue weighted by Gasteiger charge is 2.36. The summed E-state index contributed by atoms with van der Waals surface area (Å²) in [7, 11) is 1.76. The summed E-state index contributed by atoms with van der Waals surface area (Å²) in [4.78, 5) is 33.3. The minimum atomic E-state index is -0.113. The van der Waals surface area contributed by atoms with Gasteiger partial charge in [0, 0.05) is 39.8 Å². The third-order valence-electron chi connectivity index (χ3n) is 5.95. The summed E-state index contributed by atoms with van der Waals surface area (Å²) in [5.74, 6) is 0.284. The molecule has 0 aromatic carbocycles. The summed E-state index contributed by atoms with van der Waals surface area (Å²) < 4.78 is 0. The summed E-state index contributed by atoms with van der Waals surface area (Å²) in [6.45, 7) is 7.54. The fourth-order valence-electron chi connectivity index (χ4n) is 4.03. The molecule has 1 unspecified atom stereocenters. The van der Waals surface area contributed by atoms with Gasteiger partial charge in [0.05, 0.1) is 4.88 Å². The normalized spacial score (nSPS) is 20.8. The van der Waals surface area contributed by atoms with Gasteiger partial charge >= 0.3 is 0 Å². The predicted octanol–water partition coefficient (Wildman–Crippen LogP) is 2.90. The first-order chi connectivity index (χ1) is 14.0. The number of piperazine rings is 1. The molecule has 1 aromatic heterocycles. The lowest BCUT2D eigenvalue weighted by molar-refractivity contribution is -0.126. The van der Waals surface area contributed by atoms with Gasteiger partial charge in [0.25, 0.3) is 11.8 Å². The van der Waals surface area contributed by atoms with E-state index >= 15 is 0 Å². The number of likely N-dealkylation sites (N-methyl/N-ethyl adjacent to an activating group) is 1. The molecule has 160 valence electrons. The van der Waals surface area contributed by atoms with Gasteiger partial charge in [-0.25, -0.2) is 0 Å². The Bertz CT molecular complexity index is 702. The van der Waals surface area contributed by atoms with Crippen LogP contribution >= 0.6 is 23.6 Å². The maximum absolute atomic E-state index is 12.4. The molecular formula is C21H32N4O2S2. The lowest BCUT2D eigenvalue weighted by Crippen LogP contribution is -2.48. The van der Waals surface area contributed by atoms with E-state index in [1.807, 2.05) is 29.3 Å². The number of thiocarbonyl (C=S) groups is 1. The van der Waals surface area contributed by atoms with Gasteiger partial charge in [0.15, 0.2) is 5.11 Å². The van der Waals surface area contributed by atoms with E-state index in [-0.39, 0.29) is 17.9 Å². The van der Waals surface area contributed by atoms with E-state index in [4.69, 9.17) is 12.2 Å². The number of unbranched alkanes of at least 4 members (excludes halogenated alkanes) is 4. The predicted molar refractivity (Wildman–Crippen MR) is 121 cm³/mol. The molecule has 2 fully saturated rings. The van der Waals surface area contributed by atoms with E-state index in [1.54, 1.807) is 11.9 Å². The minimum Gasteiger partial charge on any atom is -0.337 e. The first kappa shape index (κ1) is 22.2. The van der Waals surface area contributed by atoms with Crippen LogP contribution < -0.4 is 0 Å². The average molecular weight is 437 g/mol. The fraction of sp³-hybridized carbons (Fsp3) is 0.667. The quantitative estimate of drug-likeness (QED) is 0.440. The molecule has 0 bridgehead atoms. The summed E-state index contributed by atoms with van der Waals surface area (Å²) in [5.41, 5.74) is 0. The number of amides is 2. The second-order valence-electron chi connectivity index (χ2n) is 7.93. The third-order valence-corrected chi connectivity index (χ3v) is 7.32. The van der Waals surface area contributed by atoms with Gasteiger partial charge in [0.1, 0.15) is 6.04 Å². The molecule has 0 aliphatic carbocycles. The number of nitrogens with zero attached hydrogens (tertiary/aromatic N) is 4. The van der Waals surface area contributed by atoms with Crippen LogP contribution in [0.3, 0.4) is 0 Å². The highest BCUT2D eigenvalue weighted by Crippen LogP contribution is 2.18. The Hall–Kier alpha value is -1.51. The van der Waals surface area contributed by atoms with Gasteiger partial charge in [-0.2, -0.15) is 0 Å². The Kier molecular flexibility index (Phi) is 8.03. The molecule has 2 saturated heterocycles. The van der Waals surface area contributed by atoms with Gasteiger partial charge in [-0.05, 0) is 50.0 Å². The first-order valence-corrected chi connectivity index (χ1v) is 11.9. The Morgan fingerprint density at radius 3 is 2.34 bits per heavy atom. The van der Waals surface area contributed by atoms with Crippen molar-refractivity contribution in [2.45, 2.75) is 45.1 Å². The molecular weight excluding hydrogens is 404 g/mol. The Morgan fingerprint density at radius 2 is 1.76 bits per heavy atom. The minimum absolute atomic E-state index is 0.104. The topological polar surface area (TPSA) is 47.1 Å². The molecule has 2 aliphatic heterocycles. The van der Waals surface area contributed by atoms with Crippen LogP contribution in [0.1, 0.15) is 48.7 Å².